The molecule has 0 aliphatic rings. The van der Waals surface area contributed by atoms with E-state index in [0.29, 0.717) is 11.8 Å². The molecule has 0 fully saturated rings. The van der Waals surface area contributed by atoms with Crippen LogP contribution in [0.3, 0.4) is 0 Å². The third-order valence-corrected chi connectivity index (χ3v) is 2.42. The van der Waals surface area contributed by atoms with Crippen LogP contribution in [-0.2, 0) is 0 Å². The van der Waals surface area contributed by atoms with Gasteiger partial charge in [0.1, 0.15) is 6.33 Å². The van der Waals surface area contributed by atoms with Gasteiger partial charge in [-0.2, -0.15) is 4.98 Å². The topological polar surface area (TPSA) is 50.7 Å². The van der Waals surface area contributed by atoms with Crippen LogP contribution >= 0.6 is 0 Å². The molecule has 0 radical (unpaired) electrons. The first kappa shape index (κ1) is 11.5. The molecule has 1 N–H and O–H groups in total. The van der Waals surface area contributed by atoms with Crippen LogP contribution in [0.5, 0.6) is 0 Å². The maximum absolute atomic E-state index is 4.38. The summed E-state index contributed by atoms with van der Waals surface area (Å²) in [7, 11) is 0. The van der Waals surface area contributed by atoms with Crippen LogP contribution in [0.1, 0.15) is 19.8 Å². The zero-order valence-electron chi connectivity index (χ0n) is 9.93. The molecule has 2 rings (SSSR count). The Hall–Kier alpha value is -1.97. The molecule has 17 heavy (non-hydrogen) atoms. The van der Waals surface area contributed by atoms with Crippen molar-refractivity contribution in [2.45, 2.75) is 19.8 Å². The van der Waals surface area contributed by atoms with Crippen molar-refractivity contribution in [3.63, 3.8) is 0 Å². The number of hydrogen-bond acceptors (Lipinski definition) is 4. The quantitative estimate of drug-likeness (QED) is 0.799. The molecule has 0 saturated carbocycles. The average molecular weight is 228 g/mol. The van der Waals surface area contributed by atoms with E-state index in [4.69, 9.17) is 0 Å². The van der Waals surface area contributed by atoms with E-state index in [1.165, 1.54) is 0 Å². The Labute approximate surface area is 101 Å². The minimum atomic E-state index is 0.646. The highest BCUT2D eigenvalue weighted by molar-refractivity contribution is 5.55. The Bertz CT molecular complexity index is 456. The second kappa shape index (κ2) is 5.94. The molecule has 0 aliphatic carbocycles. The van der Waals surface area contributed by atoms with Gasteiger partial charge in [-0.25, -0.2) is 9.97 Å². The normalized spacial score (nSPS) is 10.2. The molecular weight excluding hydrogens is 212 g/mol. The first-order chi connectivity index (χ1) is 8.40. The standard InChI is InChI=1S/C13H16N4/c1-2-3-9-14-13-16-10-15-12(17-13)11-7-5-4-6-8-11/h4-8,10H,2-3,9H2,1H3,(H,14,15,16,17). The van der Waals surface area contributed by atoms with Crippen LogP contribution in [0.15, 0.2) is 36.7 Å². The lowest BCUT2D eigenvalue weighted by molar-refractivity contribution is 0.824. The fourth-order valence-corrected chi connectivity index (χ4v) is 1.48. The fourth-order valence-electron chi connectivity index (χ4n) is 1.48. The van der Waals surface area contributed by atoms with Gasteiger partial charge >= 0.3 is 0 Å². The van der Waals surface area contributed by atoms with Gasteiger partial charge in [-0.3, -0.25) is 0 Å². The Balaban J connectivity index is 2.12. The first-order valence-corrected chi connectivity index (χ1v) is 5.88. The number of rotatable bonds is 5. The lowest BCUT2D eigenvalue weighted by atomic mass is 10.2. The van der Waals surface area contributed by atoms with Crippen LogP contribution in [0.25, 0.3) is 11.4 Å². The van der Waals surface area contributed by atoms with E-state index < -0.39 is 0 Å². The highest BCUT2D eigenvalue weighted by atomic mass is 15.1. The summed E-state index contributed by atoms with van der Waals surface area (Å²) in [5, 5.41) is 3.19. The summed E-state index contributed by atoms with van der Waals surface area (Å²) in [5.74, 6) is 1.35. The predicted octanol–water partition coefficient (Wildman–Crippen LogP) is 2.75. The van der Waals surface area contributed by atoms with Crippen LogP contribution in [-0.4, -0.2) is 21.5 Å². The molecule has 0 atom stereocenters. The molecule has 1 heterocycles. The molecule has 4 nitrogen and oxygen atoms in total. The average Bonchev–Trinajstić information content (AvgIpc) is 2.41. The van der Waals surface area contributed by atoms with E-state index >= 15 is 0 Å². The largest absolute Gasteiger partial charge is 0.354 e. The van der Waals surface area contributed by atoms with Crippen molar-refractivity contribution in [3.8, 4) is 11.4 Å². The van der Waals surface area contributed by atoms with Gasteiger partial charge in [0.05, 0.1) is 0 Å². The third kappa shape index (κ3) is 3.24. The van der Waals surface area contributed by atoms with E-state index in [-0.39, 0.29) is 0 Å². The molecule has 88 valence electrons. The molecule has 0 spiro atoms. The Kier molecular flexibility index (Phi) is 4.02. The van der Waals surface area contributed by atoms with E-state index in [1.54, 1.807) is 6.33 Å². The minimum Gasteiger partial charge on any atom is -0.354 e. The molecule has 1 aromatic carbocycles. The summed E-state index contributed by atoms with van der Waals surface area (Å²) in [5.41, 5.74) is 1.01. The summed E-state index contributed by atoms with van der Waals surface area (Å²) in [6.07, 6.45) is 3.82. The van der Waals surface area contributed by atoms with Crippen LogP contribution in [0.4, 0.5) is 5.95 Å². The summed E-state index contributed by atoms with van der Waals surface area (Å²) in [6.45, 7) is 3.05. The smallest absolute Gasteiger partial charge is 0.226 e. The van der Waals surface area contributed by atoms with Crippen molar-refractivity contribution in [1.29, 1.82) is 0 Å². The van der Waals surface area contributed by atoms with Gasteiger partial charge in [-0.1, -0.05) is 43.7 Å². The van der Waals surface area contributed by atoms with Crippen molar-refractivity contribution in [2.75, 3.05) is 11.9 Å². The van der Waals surface area contributed by atoms with Crippen molar-refractivity contribution in [3.05, 3.63) is 36.7 Å². The van der Waals surface area contributed by atoms with Gasteiger partial charge in [0.25, 0.3) is 0 Å². The molecular formula is C13H16N4. The number of nitrogens with zero attached hydrogens (tertiary/aromatic N) is 3. The van der Waals surface area contributed by atoms with E-state index in [1.807, 2.05) is 30.3 Å². The van der Waals surface area contributed by atoms with Crippen molar-refractivity contribution in [2.24, 2.45) is 0 Å². The van der Waals surface area contributed by atoms with E-state index in [2.05, 4.69) is 27.2 Å². The summed E-state index contributed by atoms with van der Waals surface area (Å²) in [6, 6.07) is 9.91. The van der Waals surface area contributed by atoms with Gasteiger partial charge in [0.2, 0.25) is 5.95 Å². The lowest BCUT2D eigenvalue weighted by Crippen LogP contribution is -2.06. The maximum Gasteiger partial charge on any atom is 0.226 e. The zero-order valence-corrected chi connectivity index (χ0v) is 9.93. The Morgan fingerprint density at radius 1 is 1.12 bits per heavy atom. The Morgan fingerprint density at radius 2 is 1.94 bits per heavy atom. The Morgan fingerprint density at radius 3 is 2.71 bits per heavy atom. The van der Waals surface area contributed by atoms with E-state index in [9.17, 15) is 0 Å². The second-order valence-electron chi connectivity index (χ2n) is 3.78. The van der Waals surface area contributed by atoms with Gasteiger partial charge in [0.15, 0.2) is 5.82 Å². The monoisotopic (exact) mass is 228 g/mol. The van der Waals surface area contributed by atoms with Crippen molar-refractivity contribution >= 4 is 5.95 Å². The third-order valence-electron chi connectivity index (χ3n) is 2.42. The van der Waals surface area contributed by atoms with Crippen LogP contribution in [0.2, 0.25) is 0 Å². The van der Waals surface area contributed by atoms with Gasteiger partial charge in [-0.15, -0.1) is 0 Å². The second-order valence-corrected chi connectivity index (χ2v) is 3.78. The molecule has 0 aliphatic heterocycles. The molecule has 0 saturated heterocycles. The molecule has 0 amide bonds. The maximum atomic E-state index is 4.38. The number of aromatic nitrogens is 3. The van der Waals surface area contributed by atoms with Gasteiger partial charge in [-0.05, 0) is 6.42 Å². The summed E-state index contributed by atoms with van der Waals surface area (Å²) >= 11 is 0. The number of hydrogen-bond donors (Lipinski definition) is 1. The van der Waals surface area contributed by atoms with Gasteiger partial charge < -0.3 is 5.32 Å². The SMILES string of the molecule is CCCCNc1ncnc(-c2ccccc2)n1. The molecule has 1 aromatic heterocycles. The summed E-state index contributed by atoms with van der Waals surface area (Å²) < 4.78 is 0. The van der Waals surface area contributed by atoms with Crippen LogP contribution in [0, 0.1) is 0 Å². The van der Waals surface area contributed by atoms with Crippen molar-refractivity contribution in [1.82, 2.24) is 15.0 Å². The van der Waals surface area contributed by atoms with E-state index in [0.717, 1.165) is 24.9 Å². The molecule has 2 aromatic rings. The predicted molar refractivity (Wildman–Crippen MR) is 68.7 cm³/mol. The number of unbranched alkanes of at least 4 members (excludes halogenated alkanes) is 1. The molecule has 0 unspecified atom stereocenters. The number of benzene rings is 1. The number of nitrogens with one attached hydrogen (secondary N) is 1. The van der Waals surface area contributed by atoms with Crippen molar-refractivity contribution < 1.29 is 0 Å². The fraction of sp³-hybridized carbons (Fsp3) is 0.308. The highest BCUT2D eigenvalue weighted by Gasteiger charge is 2.02. The zero-order chi connectivity index (χ0) is 11.9. The summed E-state index contributed by atoms with van der Waals surface area (Å²) in [4.78, 5) is 12.7. The molecule has 4 heteroatoms. The lowest BCUT2D eigenvalue weighted by Gasteiger charge is -2.04. The minimum absolute atomic E-state index is 0.646. The van der Waals surface area contributed by atoms with Gasteiger partial charge in [0, 0.05) is 12.1 Å². The molecule has 0 bridgehead atoms. The van der Waals surface area contributed by atoms with Crippen LogP contribution < -0.4 is 5.32 Å². The number of anilines is 1. The highest BCUT2D eigenvalue weighted by Crippen LogP contribution is 2.13. The first-order valence-electron chi connectivity index (χ1n) is 5.88.